The van der Waals surface area contributed by atoms with Crippen molar-refractivity contribution in [3.05, 3.63) is 82.0 Å². The van der Waals surface area contributed by atoms with Crippen molar-refractivity contribution in [2.75, 3.05) is 5.32 Å². The molecule has 4 aromatic rings. The first-order valence-corrected chi connectivity index (χ1v) is 9.16. The highest BCUT2D eigenvalue weighted by Crippen LogP contribution is 2.30. The lowest BCUT2D eigenvalue weighted by atomic mass is 10.0. The van der Waals surface area contributed by atoms with Crippen LogP contribution in [-0.2, 0) is 6.54 Å². The van der Waals surface area contributed by atoms with E-state index in [1.807, 2.05) is 0 Å². The van der Waals surface area contributed by atoms with Gasteiger partial charge in [0.2, 0.25) is 5.95 Å². The van der Waals surface area contributed by atoms with Gasteiger partial charge in [-0.1, -0.05) is 46.5 Å². The molecule has 10 heteroatoms. The van der Waals surface area contributed by atoms with Gasteiger partial charge in [0.1, 0.15) is 0 Å². The summed E-state index contributed by atoms with van der Waals surface area (Å²) in [5, 5.41) is 15.3. The molecule has 0 radical (unpaired) electrons. The number of aromatic nitrogens is 5. The molecule has 0 saturated carbocycles. The first-order chi connectivity index (χ1) is 14.1. The predicted octanol–water partition coefficient (Wildman–Crippen LogP) is 4.92. The lowest BCUT2D eigenvalue weighted by molar-refractivity contribution is 0.511. The maximum absolute atomic E-state index is 14.2. The summed E-state index contributed by atoms with van der Waals surface area (Å²) in [4.78, 5) is 4.21. The van der Waals surface area contributed by atoms with Gasteiger partial charge in [0.25, 0.3) is 0 Å². The molecule has 0 amide bonds. The van der Waals surface area contributed by atoms with Gasteiger partial charge < -0.3 is 5.32 Å². The molecule has 2 aromatic carbocycles. The number of benzene rings is 2. The van der Waals surface area contributed by atoms with E-state index < -0.39 is 11.6 Å². The molecular formula is C19H12Cl2F2N6. The first kappa shape index (κ1) is 19.2. The molecule has 0 aliphatic rings. The zero-order chi connectivity index (χ0) is 20.4. The van der Waals surface area contributed by atoms with E-state index >= 15 is 0 Å². The Hall–Kier alpha value is -3.10. The minimum absolute atomic E-state index is 0.0693. The van der Waals surface area contributed by atoms with Crippen LogP contribution in [0.4, 0.5) is 14.7 Å². The molecule has 0 atom stereocenters. The maximum Gasteiger partial charge on any atom is 0.248 e. The molecule has 1 N–H and O–H groups in total. The van der Waals surface area contributed by atoms with Crippen molar-refractivity contribution >= 4 is 29.2 Å². The number of pyridine rings is 1. The summed E-state index contributed by atoms with van der Waals surface area (Å²) >= 11 is 12.3. The number of nitrogens with one attached hydrogen (secondary N) is 1. The Morgan fingerprint density at radius 1 is 1.00 bits per heavy atom. The van der Waals surface area contributed by atoms with Crippen LogP contribution >= 0.6 is 23.2 Å². The fourth-order valence-electron chi connectivity index (χ4n) is 2.80. The molecule has 6 nitrogen and oxygen atoms in total. The number of rotatable bonds is 5. The Morgan fingerprint density at radius 2 is 1.83 bits per heavy atom. The molecule has 0 spiro atoms. The normalized spacial score (nSPS) is 10.9. The minimum atomic E-state index is -0.956. The fourth-order valence-corrected chi connectivity index (χ4v) is 3.18. The number of nitrogens with zero attached hydrogens (tertiary/aromatic N) is 5. The second kappa shape index (κ2) is 8.10. The first-order valence-electron chi connectivity index (χ1n) is 8.41. The van der Waals surface area contributed by atoms with Gasteiger partial charge in [-0.3, -0.25) is 4.98 Å². The van der Waals surface area contributed by atoms with E-state index in [2.05, 4.69) is 25.8 Å². The van der Waals surface area contributed by atoms with Crippen LogP contribution in [0.25, 0.3) is 16.9 Å². The summed E-state index contributed by atoms with van der Waals surface area (Å²) in [6, 6.07) is 12.5. The minimum Gasteiger partial charge on any atom is -0.349 e. The van der Waals surface area contributed by atoms with Crippen LogP contribution in [0.1, 0.15) is 5.56 Å². The van der Waals surface area contributed by atoms with E-state index in [9.17, 15) is 8.78 Å². The highest BCUT2D eigenvalue weighted by Gasteiger charge is 2.16. The van der Waals surface area contributed by atoms with Crippen molar-refractivity contribution in [2.45, 2.75) is 6.54 Å². The molecule has 0 saturated heterocycles. The molecule has 29 heavy (non-hydrogen) atoms. The summed E-state index contributed by atoms with van der Waals surface area (Å²) in [6.07, 6.45) is 1.51. The molecule has 2 aromatic heterocycles. The van der Waals surface area contributed by atoms with Crippen LogP contribution < -0.4 is 5.32 Å². The third kappa shape index (κ3) is 3.76. The van der Waals surface area contributed by atoms with Crippen molar-refractivity contribution in [2.24, 2.45) is 0 Å². The lowest BCUT2D eigenvalue weighted by Gasteiger charge is -2.12. The van der Waals surface area contributed by atoms with Crippen molar-refractivity contribution < 1.29 is 8.78 Å². The number of hydrogen-bond acceptors (Lipinski definition) is 5. The van der Waals surface area contributed by atoms with Gasteiger partial charge in [0, 0.05) is 18.3 Å². The van der Waals surface area contributed by atoms with Crippen LogP contribution in [0.15, 0.2) is 54.7 Å². The Kier molecular flexibility index (Phi) is 5.37. The van der Waals surface area contributed by atoms with Crippen LogP contribution in [-0.4, -0.2) is 25.2 Å². The monoisotopic (exact) mass is 432 g/mol. The van der Waals surface area contributed by atoms with E-state index in [0.29, 0.717) is 32.9 Å². The molecule has 0 bridgehead atoms. The van der Waals surface area contributed by atoms with Gasteiger partial charge in [0.05, 0.1) is 21.4 Å². The predicted molar refractivity (Wildman–Crippen MR) is 106 cm³/mol. The number of tetrazole rings is 1. The van der Waals surface area contributed by atoms with E-state index in [1.165, 1.54) is 23.0 Å². The molecule has 0 aliphatic heterocycles. The number of anilines is 1. The Labute approximate surface area is 174 Å². The van der Waals surface area contributed by atoms with Crippen molar-refractivity contribution in [3.63, 3.8) is 0 Å². The van der Waals surface area contributed by atoms with Gasteiger partial charge in [-0.2, -0.15) is 4.68 Å². The van der Waals surface area contributed by atoms with Crippen LogP contribution in [0, 0.1) is 11.6 Å². The standard InChI is InChI=1S/C19H12Cl2F2N6/c20-13-6-2-8-15(16(13)21)29-19(26-27-28-29)25-10-11-4-3-9-24-18(11)12-5-1-7-14(22)17(12)23/h1-9H,10H2,(H,25,26,28). The number of hydrogen-bond donors (Lipinski definition) is 1. The van der Waals surface area contributed by atoms with Gasteiger partial charge in [-0.05, 0) is 46.3 Å². The van der Waals surface area contributed by atoms with E-state index in [0.717, 1.165) is 6.07 Å². The van der Waals surface area contributed by atoms with Gasteiger partial charge in [-0.25, -0.2) is 8.78 Å². The van der Waals surface area contributed by atoms with Crippen molar-refractivity contribution in [3.8, 4) is 16.9 Å². The maximum atomic E-state index is 14.2. The van der Waals surface area contributed by atoms with Crippen molar-refractivity contribution in [1.29, 1.82) is 0 Å². The van der Waals surface area contributed by atoms with Crippen LogP contribution in [0.5, 0.6) is 0 Å². The van der Waals surface area contributed by atoms with Crippen LogP contribution in [0.3, 0.4) is 0 Å². The fraction of sp³-hybridized carbons (Fsp3) is 0.0526. The highest BCUT2D eigenvalue weighted by atomic mass is 35.5. The molecular weight excluding hydrogens is 421 g/mol. The Morgan fingerprint density at radius 3 is 2.69 bits per heavy atom. The van der Waals surface area contributed by atoms with Crippen molar-refractivity contribution in [1.82, 2.24) is 25.2 Å². The third-order valence-corrected chi connectivity index (χ3v) is 4.97. The van der Waals surface area contributed by atoms with E-state index in [1.54, 1.807) is 30.3 Å². The summed E-state index contributed by atoms with van der Waals surface area (Å²) in [5.74, 6) is -1.60. The quantitative estimate of drug-likeness (QED) is 0.484. The molecule has 2 heterocycles. The summed E-state index contributed by atoms with van der Waals surface area (Å²) in [5.41, 5.74) is 1.51. The average Bonchev–Trinajstić information content (AvgIpc) is 3.19. The molecule has 0 unspecified atom stereocenters. The zero-order valence-electron chi connectivity index (χ0n) is 14.7. The smallest absolute Gasteiger partial charge is 0.248 e. The average molecular weight is 433 g/mol. The molecule has 0 aliphatic carbocycles. The molecule has 0 fully saturated rings. The topological polar surface area (TPSA) is 68.5 Å². The number of halogens is 4. The van der Waals surface area contributed by atoms with E-state index in [4.69, 9.17) is 23.2 Å². The molecule has 4 rings (SSSR count). The zero-order valence-corrected chi connectivity index (χ0v) is 16.2. The Balaban J connectivity index is 1.65. The van der Waals surface area contributed by atoms with E-state index in [-0.39, 0.29) is 12.1 Å². The highest BCUT2D eigenvalue weighted by molar-refractivity contribution is 6.43. The summed E-state index contributed by atoms with van der Waals surface area (Å²) < 4.78 is 29.3. The summed E-state index contributed by atoms with van der Waals surface area (Å²) in [7, 11) is 0. The van der Waals surface area contributed by atoms with Gasteiger partial charge >= 0.3 is 0 Å². The lowest BCUT2D eigenvalue weighted by Crippen LogP contribution is -2.09. The second-order valence-corrected chi connectivity index (χ2v) is 6.74. The Bertz CT molecular complexity index is 1180. The van der Waals surface area contributed by atoms with Gasteiger partial charge in [-0.15, -0.1) is 0 Å². The SMILES string of the molecule is Fc1cccc(-c2ncccc2CNc2nnnn2-c2cccc(Cl)c2Cl)c1F. The van der Waals surface area contributed by atoms with Crippen LogP contribution in [0.2, 0.25) is 10.0 Å². The molecule has 146 valence electrons. The largest absolute Gasteiger partial charge is 0.349 e. The second-order valence-electron chi connectivity index (χ2n) is 5.95. The van der Waals surface area contributed by atoms with Gasteiger partial charge in [0.15, 0.2) is 11.6 Å². The third-order valence-electron chi connectivity index (χ3n) is 4.16. The summed E-state index contributed by atoms with van der Waals surface area (Å²) in [6.45, 7) is 0.206.